The average Bonchev–Trinajstić information content (AvgIpc) is 2.45. The van der Waals surface area contributed by atoms with Crippen molar-refractivity contribution in [3.05, 3.63) is 52.1 Å². The molecule has 0 saturated carbocycles. The fraction of sp³-hybridized carbons (Fsp3) is 0.455. The third kappa shape index (κ3) is 4.53. The Bertz CT molecular complexity index is 699. The van der Waals surface area contributed by atoms with E-state index in [9.17, 15) is 5.11 Å². The second-order valence-corrected chi connectivity index (χ2v) is 7.55. The van der Waals surface area contributed by atoms with E-state index in [-0.39, 0.29) is 5.60 Å². The van der Waals surface area contributed by atoms with Gasteiger partial charge in [0.05, 0.1) is 5.56 Å². The van der Waals surface area contributed by atoms with Gasteiger partial charge in [-0.1, -0.05) is 23.3 Å². The molecule has 0 atom stereocenters. The lowest BCUT2D eigenvalue weighted by atomic mass is 9.94. The maximum Gasteiger partial charge on any atom is 0.135 e. The molecule has 1 aliphatic heterocycles. The molecule has 1 aromatic carbocycles. The highest BCUT2D eigenvalue weighted by Crippen LogP contribution is 2.41. The van der Waals surface area contributed by atoms with E-state index >= 15 is 0 Å². The van der Waals surface area contributed by atoms with Crippen LogP contribution in [-0.2, 0) is 6.42 Å². The van der Waals surface area contributed by atoms with Gasteiger partial charge in [-0.25, -0.2) is 0 Å². The number of phenols is 1. The lowest BCUT2D eigenvalue weighted by molar-refractivity contribution is 0.156. The Kier molecular flexibility index (Phi) is 5.58. The van der Waals surface area contributed by atoms with Crippen LogP contribution in [-0.4, -0.2) is 10.7 Å². The lowest BCUT2D eigenvalue weighted by Gasteiger charge is -2.30. The zero-order chi connectivity index (χ0) is 17.9. The van der Waals surface area contributed by atoms with Crippen LogP contribution in [0.2, 0.25) is 0 Å². The molecule has 0 radical (unpaired) electrons. The zero-order valence-electron chi connectivity index (χ0n) is 15.9. The fourth-order valence-electron chi connectivity index (χ4n) is 2.91. The number of phenolic OH excluding ortho intramolecular Hbond substituents is 1. The van der Waals surface area contributed by atoms with Crippen LogP contribution in [0.5, 0.6) is 11.5 Å². The summed E-state index contributed by atoms with van der Waals surface area (Å²) in [5.74, 6) is 1.12. The van der Waals surface area contributed by atoms with E-state index in [2.05, 4.69) is 32.9 Å². The number of hydrogen-bond acceptors (Lipinski definition) is 2. The number of benzene rings is 1. The van der Waals surface area contributed by atoms with Gasteiger partial charge in [0, 0.05) is 5.56 Å². The topological polar surface area (TPSA) is 29.5 Å². The van der Waals surface area contributed by atoms with Crippen molar-refractivity contribution in [2.75, 3.05) is 0 Å². The number of fused-ring (bicyclic) bond motifs is 1. The van der Waals surface area contributed by atoms with Crippen molar-refractivity contribution in [1.82, 2.24) is 0 Å². The zero-order valence-corrected chi connectivity index (χ0v) is 15.9. The van der Waals surface area contributed by atoms with Crippen molar-refractivity contribution in [3.8, 4) is 11.5 Å². The first kappa shape index (κ1) is 18.4. The van der Waals surface area contributed by atoms with E-state index in [1.165, 1.54) is 16.7 Å². The Hall–Kier alpha value is -1.96. The van der Waals surface area contributed by atoms with Crippen LogP contribution in [0.4, 0.5) is 0 Å². The maximum absolute atomic E-state index is 10.2. The molecule has 130 valence electrons. The highest BCUT2D eigenvalue weighted by Gasteiger charge is 2.26. The molecule has 2 rings (SSSR count). The van der Waals surface area contributed by atoms with Gasteiger partial charge in [-0.3, -0.25) is 0 Å². The molecule has 1 heterocycles. The molecule has 0 unspecified atom stereocenters. The molecular formula is C22H30O2. The monoisotopic (exact) mass is 326 g/mol. The van der Waals surface area contributed by atoms with E-state index in [4.69, 9.17) is 4.74 Å². The summed E-state index contributed by atoms with van der Waals surface area (Å²) in [5.41, 5.74) is 5.45. The van der Waals surface area contributed by atoms with Crippen LogP contribution >= 0.6 is 0 Å². The van der Waals surface area contributed by atoms with Gasteiger partial charge in [0.1, 0.15) is 17.1 Å². The third-order valence-corrected chi connectivity index (χ3v) is 4.39. The fourth-order valence-corrected chi connectivity index (χ4v) is 2.91. The van der Waals surface area contributed by atoms with Gasteiger partial charge in [-0.05, 0) is 84.6 Å². The van der Waals surface area contributed by atoms with Crippen LogP contribution in [0.3, 0.4) is 0 Å². The van der Waals surface area contributed by atoms with Crippen LogP contribution in [0.25, 0.3) is 6.08 Å². The van der Waals surface area contributed by atoms with Crippen molar-refractivity contribution in [3.63, 3.8) is 0 Å². The summed E-state index contributed by atoms with van der Waals surface area (Å²) < 4.78 is 6.17. The first-order valence-corrected chi connectivity index (χ1v) is 8.72. The van der Waals surface area contributed by atoms with E-state index < -0.39 is 0 Å². The summed E-state index contributed by atoms with van der Waals surface area (Å²) in [7, 11) is 0. The van der Waals surface area contributed by atoms with Crippen LogP contribution in [0, 0.1) is 6.92 Å². The summed E-state index contributed by atoms with van der Waals surface area (Å²) >= 11 is 0. The number of aromatic hydroxyl groups is 1. The first-order chi connectivity index (χ1) is 11.2. The van der Waals surface area contributed by atoms with E-state index in [1.807, 2.05) is 39.0 Å². The van der Waals surface area contributed by atoms with E-state index in [0.29, 0.717) is 5.75 Å². The lowest BCUT2D eigenvalue weighted by Crippen LogP contribution is -2.28. The summed E-state index contributed by atoms with van der Waals surface area (Å²) in [6, 6.07) is 1.84. The van der Waals surface area contributed by atoms with Crippen molar-refractivity contribution in [2.45, 2.75) is 66.4 Å². The van der Waals surface area contributed by atoms with Gasteiger partial charge >= 0.3 is 0 Å². The van der Waals surface area contributed by atoms with Crippen molar-refractivity contribution < 1.29 is 9.84 Å². The smallest absolute Gasteiger partial charge is 0.135 e. The highest BCUT2D eigenvalue weighted by molar-refractivity contribution is 5.70. The second kappa shape index (κ2) is 7.29. The molecule has 0 fully saturated rings. The summed E-state index contributed by atoms with van der Waals surface area (Å²) in [5, 5.41) is 10.2. The number of allylic oxidation sites excluding steroid dienone is 4. The molecule has 0 saturated heterocycles. The molecule has 2 heteroatoms. The predicted molar refractivity (Wildman–Crippen MR) is 103 cm³/mol. The van der Waals surface area contributed by atoms with Crippen LogP contribution in [0.15, 0.2) is 35.4 Å². The van der Waals surface area contributed by atoms with Crippen LogP contribution < -0.4 is 4.74 Å². The Morgan fingerprint density at radius 1 is 1.21 bits per heavy atom. The average molecular weight is 326 g/mol. The molecule has 2 nitrogen and oxygen atoms in total. The van der Waals surface area contributed by atoms with Gasteiger partial charge in [0.25, 0.3) is 0 Å². The number of hydrogen-bond donors (Lipinski definition) is 1. The van der Waals surface area contributed by atoms with Crippen molar-refractivity contribution in [2.24, 2.45) is 0 Å². The minimum Gasteiger partial charge on any atom is -0.507 e. The van der Waals surface area contributed by atoms with Gasteiger partial charge in [0.15, 0.2) is 0 Å². The summed E-state index contributed by atoms with van der Waals surface area (Å²) in [6.07, 6.45) is 11.5. The molecule has 1 aliphatic rings. The molecule has 1 N–H and O–H groups in total. The summed E-state index contributed by atoms with van der Waals surface area (Å²) in [6.45, 7) is 12.6. The van der Waals surface area contributed by atoms with Gasteiger partial charge in [-0.15, -0.1) is 0 Å². The Morgan fingerprint density at radius 3 is 2.58 bits per heavy atom. The molecule has 24 heavy (non-hydrogen) atoms. The highest BCUT2D eigenvalue weighted by atomic mass is 16.5. The molecule has 0 amide bonds. The van der Waals surface area contributed by atoms with Crippen LogP contribution in [0.1, 0.15) is 64.2 Å². The Balaban J connectivity index is 2.25. The summed E-state index contributed by atoms with van der Waals surface area (Å²) in [4.78, 5) is 0. The largest absolute Gasteiger partial charge is 0.507 e. The second-order valence-electron chi connectivity index (χ2n) is 7.55. The SMILES string of the molecule is CC(C)=CCC/C(C)=C/Cc1c(C)cc(O)c2c1OC(C)(C)C=C2. The van der Waals surface area contributed by atoms with E-state index in [1.54, 1.807) is 0 Å². The number of aryl methyl sites for hydroxylation is 1. The normalized spacial score (nSPS) is 15.7. The predicted octanol–water partition coefficient (Wildman–Crippen LogP) is 6.12. The number of ether oxygens (including phenoxy) is 1. The standard InChI is InChI=1S/C22H30O2/c1-15(2)8-7-9-16(3)10-11-18-17(4)14-20(23)19-12-13-22(5,6)24-21(18)19/h8,10,12-14,23H,7,9,11H2,1-6H3/b16-10+. The Labute approximate surface area is 146 Å². The molecule has 0 aliphatic carbocycles. The Morgan fingerprint density at radius 2 is 1.92 bits per heavy atom. The molecule has 0 spiro atoms. The molecular weight excluding hydrogens is 296 g/mol. The quantitative estimate of drug-likeness (QED) is 0.660. The van der Waals surface area contributed by atoms with E-state index in [0.717, 1.165) is 36.1 Å². The maximum atomic E-state index is 10.2. The van der Waals surface area contributed by atoms with Crippen molar-refractivity contribution in [1.29, 1.82) is 0 Å². The van der Waals surface area contributed by atoms with Gasteiger partial charge in [0.2, 0.25) is 0 Å². The third-order valence-electron chi connectivity index (χ3n) is 4.39. The molecule has 0 aromatic heterocycles. The minimum absolute atomic E-state index is 0.294. The molecule has 1 aromatic rings. The van der Waals surface area contributed by atoms with Gasteiger partial charge < -0.3 is 9.84 Å². The van der Waals surface area contributed by atoms with Gasteiger partial charge in [-0.2, -0.15) is 0 Å². The number of rotatable bonds is 5. The minimum atomic E-state index is -0.343. The van der Waals surface area contributed by atoms with Crippen molar-refractivity contribution >= 4 is 6.08 Å². The first-order valence-electron chi connectivity index (χ1n) is 8.72. The molecule has 0 bridgehead atoms.